The summed E-state index contributed by atoms with van der Waals surface area (Å²) in [4.78, 5) is 48.3. The normalized spacial score (nSPS) is 19.5. The molecule has 0 bridgehead atoms. The number of amidine groups is 1. The molecule has 2 atom stereocenters. The molecule has 2 aromatic rings. The van der Waals surface area contributed by atoms with Crippen LogP contribution in [0.3, 0.4) is 0 Å². The minimum absolute atomic E-state index is 0.0801. The average Bonchev–Trinajstić information content (AvgIpc) is 3.44. The number of allylic oxidation sites excluding steroid dienone is 1. The molecule has 232 valence electrons. The van der Waals surface area contributed by atoms with Gasteiger partial charge in [0.05, 0.1) is 50.5 Å². The minimum Gasteiger partial charge on any atom is -0.493 e. The smallest absolute Gasteiger partial charge is 0.338 e. The van der Waals surface area contributed by atoms with Crippen LogP contribution in [0.15, 0.2) is 75.9 Å². The highest BCUT2D eigenvalue weighted by molar-refractivity contribution is 8.16. The number of nitrogens with zero attached hydrogens (tertiary/aromatic N) is 3. The summed E-state index contributed by atoms with van der Waals surface area (Å²) in [6, 6.07) is 14.4. The van der Waals surface area contributed by atoms with Crippen molar-refractivity contribution in [2.45, 2.75) is 45.8 Å². The number of amides is 1. The summed E-state index contributed by atoms with van der Waals surface area (Å²) in [7, 11) is 3.12. The quantitative estimate of drug-likeness (QED) is 0.331. The maximum Gasteiger partial charge on any atom is 0.338 e. The first-order valence-electron chi connectivity index (χ1n) is 14.7. The van der Waals surface area contributed by atoms with Crippen LogP contribution in [0.2, 0.25) is 0 Å². The fourth-order valence-electron chi connectivity index (χ4n) is 5.69. The Bertz CT molecular complexity index is 1500. The van der Waals surface area contributed by atoms with E-state index in [0.717, 1.165) is 17.5 Å². The Balaban J connectivity index is 1.44. The van der Waals surface area contributed by atoms with Crippen LogP contribution in [0.5, 0.6) is 11.5 Å². The second-order valence-electron chi connectivity index (χ2n) is 10.7. The Morgan fingerprint density at radius 3 is 2.52 bits per heavy atom. The highest BCUT2D eigenvalue weighted by atomic mass is 32.2. The zero-order chi connectivity index (χ0) is 31.2. The molecule has 0 aromatic heterocycles. The molecular weight excluding hydrogens is 582 g/mol. The molecule has 0 N–H and O–H groups in total. The number of aliphatic imine (C=N–C) groups is 1. The number of thioether (sulfide) groups is 1. The van der Waals surface area contributed by atoms with Gasteiger partial charge in [-0.15, -0.1) is 0 Å². The van der Waals surface area contributed by atoms with E-state index in [1.54, 1.807) is 39.0 Å². The average molecular weight is 620 g/mol. The molecule has 1 fully saturated rings. The lowest BCUT2D eigenvalue weighted by Crippen LogP contribution is -2.44. The third kappa shape index (κ3) is 6.62. The number of likely N-dealkylation sites (tertiary alicyclic amines) is 1. The summed E-state index contributed by atoms with van der Waals surface area (Å²) in [6.07, 6.45) is 1.51. The summed E-state index contributed by atoms with van der Waals surface area (Å²) < 4.78 is 22.1. The molecule has 5 rings (SSSR count). The van der Waals surface area contributed by atoms with Crippen LogP contribution < -0.4 is 9.47 Å². The van der Waals surface area contributed by atoms with Crippen molar-refractivity contribution in [3.63, 3.8) is 0 Å². The van der Waals surface area contributed by atoms with E-state index in [0.29, 0.717) is 59.8 Å². The molecule has 0 radical (unpaired) electrons. The number of fused-ring (bicyclic) bond motifs is 1. The fraction of sp³-hybridized carbons (Fsp3) is 0.394. The standard InChI is InChI=1S/C33H37N3O7S/c1-5-42-31(38)24-12-9-15-35(18-24)28(37)17-25-20-44-33-34-21(2)29(32(39)43-19-22-10-7-6-8-11-22)30(36(25)33)23-13-14-26(40-3)27(16-23)41-4/h6-8,10-11,13-14,16,20,24,30H,5,9,12,15,17-19H2,1-4H3. The number of carbonyl (C=O) groups is 3. The minimum atomic E-state index is -0.631. The summed E-state index contributed by atoms with van der Waals surface area (Å²) in [5.74, 6) is -0.127. The van der Waals surface area contributed by atoms with E-state index < -0.39 is 12.0 Å². The topological polar surface area (TPSA) is 107 Å². The number of benzene rings is 2. The summed E-state index contributed by atoms with van der Waals surface area (Å²) >= 11 is 1.41. The van der Waals surface area contributed by atoms with E-state index in [-0.39, 0.29) is 30.8 Å². The molecule has 0 saturated carbocycles. The largest absolute Gasteiger partial charge is 0.493 e. The van der Waals surface area contributed by atoms with Crippen LogP contribution in [-0.2, 0) is 30.5 Å². The fourth-order valence-corrected chi connectivity index (χ4v) is 6.66. The van der Waals surface area contributed by atoms with Crippen molar-refractivity contribution in [3.05, 3.63) is 82.0 Å². The van der Waals surface area contributed by atoms with Gasteiger partial charge in [-0.3, -0.25) is 9.59 Å². The SMILES string of the molecule is CCOC(=O)C1CCCN(C(=O)CC2=CSC3=NC(C)=C(C(=O)OCc4ccccc4)C(c4ccc(OC)c(OC)c4)N23)C1. The number of hydrogen-bond donors (Lipinski definition) is 0. The Kier molecular flexibility index (Phi) is 9.94. The number of piperidine rings is 1. The van der Waals surface area contributed by atoms with E-state index >= 15 is 0 Å². The van der Waals surface area contributed by atoms with E-state index in [4.69, 9.17) is 23.9 Å². The Labute approximate surface area is 261 Å². The van der Waals surface area contributed by atoms with Gasteiger partial charge >= 0.3 is 11.9 Å². The van der Waals surface area contributed by atoms with Crippen molar-refractivity contribution in [2.24, 2.45) is 10.9 Å². The molecule has 11 heteroatoms. The van der Waals surface area contributed by atoms with E-state index in [2.05, 4.69) is 0 Å². The molecule has 44 heavy (non-hydrogen) atoms. The van der Waals surface area contributed by atoms with E-state index in [1.165, 1.54) is 11.8 Å². The van der Waals surface area contributed by atoms with Gasteiger partial charge in [0.1, 0.15) is 6.61 Å². The van der Waals surface area contributed by atoms with Crippen molar-refractivity contribution in [1.82, 2.24) is 9.80 Å². The summed E-state index contributed by atoms with van der Waals surface area (Å²) in [6.45, 7) is 4.90. The van der Waals surface area contributed by atoms with Crippen LogP contribution in [0.1, 0.15) is 50.3 Å². The van der Waals surface area contributed by atoms with Crippen LogP contribution >= 0.6 is 11.8 Å². The molecule has 2 unspecified atom stereocenters. The molecular formula is C33H37N3O7S. The summed E-state index contributed by atoms with van der Waals surface area (Å²) in [5.41, 5.74) is 3.24. The number of rotatable bonds is 10. The van der Waals surface area contributed by atoms with Gasteiger partial charge in [-0.1, -0.05) is 48.2 Å². The predicted molar refractivity (Wildman–Crippen MR) is 167 cm³/mol. The molecule has 0 aliphatic carbocycles. The molecule has 10 nitrogen and oxygen atoms in total. The highest BCUT2D eigenvalue weighted by Gasteiger charge is 2.42. The first-order chi connectivity index (χ1) is 21.3. The zero-order valence-electron chi connectivity index (χ0n) is 25.4. The number of carbonyl (C=O) groups excluding carboxylic acids is 3. The van der Waals surface area contributed by atoms with Crippen molar-refractivity contribution in [2.75, 3.05) is 33.9 Å². The van der Waals surface area contributed by atoms with Gasteiger partial charge in [-0.05, 0) is 55.4 Å². The van der Waals surface area contributed by atoms with Gasteiger partial charge in [0.25, 0.3) is 0 Å². The first kappa shape index (κ1) is 31.2. The first-order valence-corrected chi connectivity index (χ1v) is 15.5. The lowest BCUT2D eigenvalue weighted by Gasteiger charge is -2.37. The van der Waals surface area contributed by atoms with Crippen molar-refractivity contribution >= 4 is 34.8 Å². The zero-order valence-corrected chi connectivity index (χ0v) is 26.2. The van der Waals surface area contributed by atoms with Crippen LogP contribution in [0.4, 0.5) is 0 Å². The molecule has 1 amide bonds. The second-order valence-corrected chi connectivity index (χ2v) is 11.5. The van der Waals surface area contributed by atoms with E-state index in [1.807, 2.05) is 52.8 Å². The van der Waals surface area contributed by atoms with Crippen LogP contribution in [0, 0.1) is 5.92 Å². The molecule has 2 aromatic carbocycles. The van der Waals surface area contributed by atoms with Crippen molar-refractivity contribution in [3.8, 4) is 11.5 Å². The second kappa shape index (κ2) is 14.0. The number of ether oxygens (including phenoxy) is 4. The maximum atomic E-state index is 13.8. The maximum absolute atomic E-state index is 13.8. The van der Waals surface area contributed by atoms with E-state index in [9.17, 15) is 14.4 Å². The Morgan fingerprint density at radius 2 is 1.80 bits per heavy atom. The number of hydrogen-bond acceptors (Lipinski definition) is 10. The lowest BCUT2D eigenvalue weighted by molar-refractivity contribution is -0.151. The molecule has 0 spiro atoms. The van der Waals surface area contributed by atoms with Crippen molar-refractivity contribution < 1.29 is 33.3 Å². The predicted octanol–water partition coefficient (Wildman–Crippen LogP) is 5.21. The monoisotopic (exact) mass is 619 g/mol. The van der Waals surface area contributed by atoms with Gasteiger partial charge in [0.2, 0.25) is 5.91 Å². The lowest BCUT2D eigenvalue weighted by atomic mass is 9.93. The van der Waals surface area contributed by atoms with Gasteiger partial charge in [-0.2, -0.15) is 0 Å². The molecule has 1 saturated heterocycles. The van der Waals surface area contributed by atoms with Gasteiger partial charge in [0.15, 0.2) is 16.7 Å². The van der Waals surface area contributed by atoms with Crippen molar-refractivity contribution in [1.29, 1.82) is 0 Å². The van der Waals surface area contributed by atoms with Gasteiger partial charge in [-0.25, -0.2) is 9.79 Å². The number of esters is 2. The third-order valence-electron chi connectivity index (χ3n) is 7.88. The van der Waals surface area contributed by atoms with Crippen LogP contribution in [-0.4, -0.2) is 66.7 Å². The number of methoxy groups -OCH3 is 2. The molecule has 3 aliphatic rings. The van der Waals surface area contributed by atoms with Gasteiger partial charge < -0.3 is 28.7 Å². The molecule has 3 heterocycles. The third-order valence-corrected chi connectivity index (χ3v) is 8.77. The Hall–Kier alpha value is -4.25. The molecule has 3 aliphatic heterocycles. The highest BCUT2D eigenvalue weighted by Crippen LogP contribution is 2.46. The Morgan fingerprint density at radius 1 is 1.02 bits per heavy atom. The summed E-state index contributed by atoms with van der Waals surface area (Å²) in [5, 5.41) is 2.57. The van der Waals surface area contributed by atoms with Crippen LogP contribution in [0.25, 0.3) is 0 Å². The van der Waals surface area contributed by atoms with Gasteiger partial charge in [0, 0.05) is 18.8 Å².